The highest BCUT2D eigenvalue weighted by atomic mass is 32.1. The fraction of sp³-hybridized carbons (Fsp3) is 0.364. The zero-order valence-electron chi connectivity index (χ0n) is 8.53. The van der Waals surface area contributed by atoms with Gasteiger partial charge in [-0.15, -0.1) is 0 Å². The van der Waals surface area contributed by atoms with Gasteiger partial charge in [0, 0.05) is 6.42 Å². The maximum absolute atomic E-state index is 9.94. The Labute approximate surface area is 94.5 Å². The third-order valence-electron chi connectivity index (χ3n) is 2.49. The Kier molecular flexibility index (Phi) is 2.63. The smallest absolute Gasteiger partial charge is 0.168 e. The molecule has 2 atom stereocenters. The topological polar surface area (TPSA) is 44.3 Å². The average molecular weight is 222 g/mol. The minimum atomic E-state index is -0.928. The summed E-state index contributed by atoms with van der Waals surface area (Å²) < 4.78 is 0. The van der Waals surface area contributed by atoms with Crippen LogP contribution < -0.4 is 10.6 Å². The van der Waals surface area contributed by atoms with Crippen molar-refractivity contribution >= 4 is 17.3 Å². The third kappa shape index (κ3) is 2.46. The van der Waals surface area contributed by atoms with E-state index < -0.39 is 5.72 Å². The third-order valence-corrected chi connectivity index (χ3v) is 2.71. The summed E-state index contributed by atoms with van der Waals surface area (Å²) in [5, 5.41) is 16.4. The summed E-state index contributed by atoms with van der Waals surface area (Å²) in [5.41, 5.74) is 0.213. The van der Waals surface area contributed by atoms with Gasteiger partial charge < -0.3 is 15.7 Å². The Balaban J connectivity index is 2.20. The molecule has 0 spiro atoms. The number of thiocarbonyl (C=S) groups is 1. The number of hydrogen-bond donors (Lipinski definition) is 3. The van der Waals surface area contributed by atoms with E-state index in [1.54, 1.807) is 6.92 Å². The summed E-state index contributed by atoms with van der Waals surface area (Å²) in [5.74, 6) is 0. The van der Waals surface area contributed by atoms with Crippen LogP contribution in [0.1, 0.15) is 24.9 Å². The molecule has 2 rings (SSSR count). The second-order valence-electron chi connectivity index (χ2n) is 4.04. The van der Waals surface area contributed by atoms with Crippen molar-refractivity contribution in [2.24, 2.45) is 0 Å². The summed E-state index contributed by atoms with van der Waals surface area (Å²) in [6.45, 7) is 1.73. The average Bonchev–Trinajstić information content (AvgIpc) is 2.16. The van der Waals surface area contributed by atoms with Gasteiger partial charge in [-0.2, -0.15) is 0 Å². The molecule has 80 valence electrons. The molecule has 1 saturated heterocycles. The zero-order chi connectivity index (χ0) is 10.9. The van der Waals surface area contributed by atoms with E-state index >= 15 is 0 Å². The zero-order valence-corrected chi connectivity index (χ0v) is 9.34. The lowest BCUT2D eigenvalue weighted by Gasteiger charge is -2.37. The Morgan fingerprint density at radius 3 is 2.67 bits per heavy atom. The lowest BCUT2D eigenvalue weighted by molar-refractivity contribution is 0.0169. The summed E-state index contributed by atoms with van der Waals surface area (Å²) in [6.07, 6.45) is 0.594. The second-order valence-corrected chi connectivity index (χ2v) is 4.45. The van der Waals surface area contributed by atoms with Crippen LogP contribution in [-0.2, 0) is 0 Å². The summed E-state index contributed by atoms with van der Waals surface area (Å²) >= 11 is 5.05. The number of rotatable bonds is 1. The molecule has 0 bridgehead atoms. The largest absolute Gasteiger partial charge is 0.371 e. The quantitative estimate of drug-likeness (QED) is 0.627. The maximum atomic E-state index is 9.94. The molecule has 0 aliphatic carbocycles. The van der Waals surface area contributed by atoms with Crippen molar-refractivity contribution in [2.45, 2.75) is 25.1 Å². The van der Waals surface area contributed by atoms with Gasteiger partial charge in [-0.1, -0.05) is 30.3 Å². The van der Waals surface area contributed by atoms with Crippen molar-refractivity contribution < 1.29 is 5.11 Å². The molecular formula is C11H14N2OS. The van der Waals surface area contributed by atoms with E-state index in [0.717, 1.165) is 5.56 Å². The van der Waals surface area contributed by atoms with Gasteiger partial charge in [-0.3, -0.25) is 0 Å². The van der Waals surface area contributed by atoms with Crippen LogP contribution in [0.25, 0.3) is 0 Å². The maximum Gasteiger partial charge on any atom is 0.168 e. The van der Waals surface area contributed by atoms with Crippen LogP contribution in [-0.4, -0.2) is 15.9 Å². The minimum absolute atomic E-state index is 0.0787. The predicted molar refractivity (Wildman–Crippen MR) is 63.3 cm³/mol. The molecule has 1 aromatic rings. The number of benzene rings is 1. The van der Waals surface area contributed by atoms with Gasteiger partial charge in [0.2, 0.25) is 0 Å². The van der Waals surface area contributed by atoms with Crippen LogP contribution in [0.15, 0.2) is 30.3 Å². The molecule has 1 aliphatic heterocycles. The van der Waals surface area contributed by atoms with Gasteiger partial charge in [0.25, 0.3) is 0 Å². The van der Waals surface area contributed by atoms with Gasteiger partial charge >= 0.3 is 0 Å². The van der Waals surface area contributed by atoms with Crippen LogP contribution in [0.4, 0.5) is 0 Å². The first-order valence-corrected chi connectivity index (χ1v) is 5.34. The Hall–Kier alpha value is -1.13. The van der Waals surface area contributed by atoms with Crippen LogP contribution in [0.5, 0.6) is 0 Å². The van der Waals surface area contributed by atoms with E-state index in [1.165, 1.54) is 0 Å². The van der Waals surface area contributed by atoms with Gasteiger partial charge in [-0.25, -0.2) is 0 Å². The molecular weight excluding hydrogens is 208 g/mol. The van der Waals surface area contributed by atoms with Crippen molar-refractivity contribution in [2.75, 3.05) is 0 Å². The number of hydrogen-bond acceptors (Lipinski definition) is 2. The van der Waals surface area contributed by atoms with Crippen molar-refractivity contribution in [3.05, 3.63) is 35.9 Å². The lowest BCUT2D eigenvalue weighted by Crippen LogP contribution is -2.57. The molecule has 1 heterocycles. The van der Waals surface area contributed by atoms with Crippen LogP contribution in [0, 0.1) is 0 Å². The van der Waals surface area contributed by atoms with Gasteiger partial charge in [0.1, 0.15) is 5.72 Å². The Morgan fingerprint density at radius 1 is 1.40 bits per heavy atom. The summed E-state index contributed by atoms with van der Waals surface area (Å²) in [4.78, 5) is 0. The van der Waals surface area contributed by atoms with E-state index in [4.69, 9.17) is 12.2 Å². The predicted octanol–water partition coefficient (Wildman–Crippen LogP) is 1.30. The van der Waals surface area contributed by atoms with E-state index in [-0.39, 0.29) is 6.04 Å². The van der Waals surface area contributed by atoms with Crippen LogP contribution >= 0.6 is 12.2 Å². The highest BCUT2D eigenvalue weighted by Crippen LogP contribution is 2.25. The van der Waals surface area contributed by atoms with E-state index in [9.17, 15) is 5.11 Å². The van der Waals surface area contributed by atoms with Crippen LogP contribution in [0.3, 0.4) is 0 Å². The number of nitrogens with one attached hydrogen (secondary N) is 2. The highest BCUT2D eigenvalue weighted by molar-refractivity contribution is 7.80. The standard InChI is InChI=1S/C11H14N2OS/c1-11(14)7-9(12-10(15)13-11)8-5-3-2-4-6-8/h2-6,9,14H,7H2,1H3,(H2,12,13,15). The fourth-order valence-electron chi connectivity index (χ4n) is 1.82. The Morgan fingerprint density at radius 2 is 2.07 bits per heavy atom. The van der Waals surface area contributed by atoms with Crippen molar-refractivity contribution in [1.29, 1.82) is 0 Å². The van der Waals surface area contributed by atoms with Gasteiger partial charge in [0.05, 0.1) is 6.04 Å². The normalized spacial score (nSPS) is 30.5. The summed E-state index contributed by atoms with van der Waals surface area (Å²) in [6, 6.07) is 10.1. The molecule has 1 aliphatic rings. The van der Waals surface area contributed by atoms with Crippen molar-refractivity contribution in [3.63, 3.8) is 0 Å². The molecule has 1 aromatic carbocycles. The molecule has 3 nitrogen and oxygen atoms in total. The van der Waals surface area contributed by atoms with Gasteiger partial charge in [-0.05, 0) is 24.7 Å². The van der Waals surface area contributed by atoms with E-state index in [2.05, 4.69) is 10.6 Å². The molecule has 0 saturated carbocycles. The van der Waals surface area contributed by atoms with E-state index in [1.807, 2.05) is 30.3 Å². The Bertz CT molecular complexity index is 364. The first kappa shape index (κ1) is 10.4. The lowest BCUT2D eigenvalue weighted by atomic mass is 9.96. The van der Waals surface area contributed by atoms with Crippen molar-refractivity contribution in [3.8, 4) is 0 Å². The first-order valence-electron chi connectivity index (χ1n) is 4.93. The van der Waals surface area contributed by atoms with E-state index in [0.29, 0.717) is 11.5 Å². The monoisotopic (exact) mass is 222 g/mol. The highest BCUT2D eigenvalue weighted by Gasteiger charge is 2.32. The molecule has 0 amide bonds. The van der Waals surface area contributed by atoms with Gasteiger partial charge in [0.15, 0.2) is 5.11 Å². The first-order chi connectivity index (χ1) is 7.07. The molecule has 15 heavy (non-hydrogen) atoms. The molecule has 4 heteroatoms. The molecule has 0 radical (unpaired) electrons. The molecule has 1 fully saturated rings. The summed E-state index contributed by atoms with van der Waals surface area (Å²) in [7, 11) is 0. The number of aliphatic hydroxyl groups is 1. The molecule has 0 aromatic heterocycles. The minimum Gasteiger partial charge on any atom is -0.371 e. The van der Waals surface area contributed by atoms with Crippen LogP contribution in [0.2, 0.25) is 0 Å². The van der Waals surface area contributed by atoms with Crippen molar-refractivity contribution in [1.82, 2.24) is 10.6 Å². The second kappa shape index (κ2) is 3.79. The SMILES string of the molecule is CC1(O)CC(c2ccccc2)NC(=S)N1. The molecule has 2 unspecified atom stereocenters. The molecule has 3 N–H and O–H groups in total. The fourth-order valence-corrected chi connectivity index (χ4v) is 2.19.